The molecule has 0 unspecified atom stereocenters. The van der Waals surface area contributed by atoms with Crippen LogP contribution in [-0.4, -0.2) is 21.3 Å². The molecule has 112 valence electrons. The predicted octanol–water partition coefficient (Wildman–Crippen LogP) is 3.00. The van der Waals surface area contributed by atoms with Crippen molar-refractivity contribution >= 4 is 0 Å². The van der Waals surface area contributed by atoms with E-state index in [1.165, 1.54) is 5.56 Å². The summed E-state index contributed by atoms with van der Waals surface area (Å²) < 4.78 is 16.5. The monoisotopic (exact) mass is 287 g/mol. The number of ether oxygens (including phenoxy) is 3. The first-order valence-electron chi connectivity index (χ1n) is 6.84. The van der Waals surface area contributed by atoms with E-state index in [-0.39, 0.29) is 0 Å². The van der Waals surface area contributed by atoms with Gasteiger partial charge < -0.3 is 19.5 Å². The molecule has 0 heterocycles. The Morgan fingerprint density at radius 3 is 1.95 bits per heavy atom. The van der Waals surface area contributed by atoms with Gasteiger partial charge in [-0.05, 0) is 30.3 Å². The van der Waals surface area contributed by atoms with Crippen LogP contribution in [0.25, 0.3) is 0 Å². The number of benzene rings is 2. The summed E-state index contributed by atoms with van der Waals surface area (Å²) in [5.74, 6) is 1.96. The quantitative estimate of drug-likeness (QED) is 0.850. The van der Waals surface area contributed by atoms with E-state index in [1.807, 2.05) is 25.2 Å². The van der Waals surface area contributed by atoms with Crippen molar-refractivity contribution in [2.45, 2.75) is 13.2 Å². The van der Waals surface area contributed by atoms with Gasteiger partial charge in [-0.1, -0.05) is 30.3 Å². The van der Waals surface area contributed by atoms with Crippen LogP contribution in [0.15, 0.2) is 42.5 Å². The summed E-state index contributed by atoms with van der Waals surface area (Å²) in [6, 6.07) is 13.9. The third kappa shape index (κ3) is 3.89. The fourth-order valence-corrected chi connectivity index (χ4v) is 2.07. The van der Waals surface area contributed by atoms with E-state index in [1.54, 1.807) is 14.2 Å². The van der Waals surface area contributed by atoms with Crippen LogP contribution >= 0.6 is 0 Å². The van der Waals surface area contributed by atoms with E-state index in [2.05, 4.69) is 29.6 Å². The Hall–Kier alpha value is -2.20. The molecular formula is C17H21NO3. The van der Waals surface area contributed by atoms with Gasteiger partial charge in [0.05, 0.1) is 14.2 Å². The molecule has 0 aliphatic rings. The number of nitrogens with one attached hydrogen (secondary N) is 1. The van der Waals surface area contributed by atoms with Crippen molar-refractivity contribution in [1.82, 2.24) is 5.32 Å². The van der Waals surface area contributed by atoms with Gasteiger partial charge in [-0.3, -0.25) is 0 Å². The van der Waals surface area contributed by atoms with Crippen LogP contribution < -0.4 is 19.5 Å². The molecule has 4 nitrogen and oxygen atoms in total. The van der Waals surface area contributed by atoms with Crippen molar-refractivity contribution in [2.24, 2.45) is 0 Å². The predicted molar refractivity (Wildman–Crippen MR) is 83.1 cm³/mol. The Bertz CT molecular complexity index is 544. The highest BCUT2D eigenvalue weighted by Gasteiger charge is 2.11. The van der Waals surface area contributed by atoms with E-state index in [0.717, 1.165) is 12.1 Å². The average Bonchev–Trinajstić information content (AvgIpc) is 2.54. The van der Waals surface area contributed by atoms with Crippen LogP contribution in [0, 0.1) is 0 Å². The lowest BCUT2D eigenvalue weighted by Gasteiger charge is -2.14. The molecule has 0 aromatic heterocycles. The molecule has 4 heteroatoms. The molecular weight excluding hydrogens is 266 g/mol. The lowest BCUT2D eigenvalue weighted by atomic mass is 10.1. The smallest absolute Gasteiger partial charge is 0.203 e. The first-order chi connectivity index (χ1) is 10.3. The Labute approximate surface area is 125 Å². The standard InChI is InChI=1S/C17H21NO3/c1-18-11-13-7-9-14(10-8-13)12-21-17-15(19-2)5-4-6-16(17)20-3/h4-10,18H,11-12H2,1-3H3. The van der Waals surface area contributed by atoms with Gasteiger partial charge in [0.1, 0.15) is 6.61 Å². The highest BCUT2D eigenvalue weighted by Crippen LogP contribution is 2.37. The molecule has 0 saturated heterocycles. The molecule has 0 fully saturated rings. The zero-order valence-electron chi connectivity index (χ0n) is 12.7. The average molecular weight is 287 g/mol. The minimum absolute atomic E-state index is 0.469. The second kappa shape index (κ2) is 7.55. The third-order valence-corrected chi connectivity index (χ3v) is 3.17. The summed E-state index contributed by atoms with van der Waals surface area (Å²) in [6.45, 7) is 1.33. The molecule has 0 atom stereocenters. The highest BCUT2D eigenvalue weighted by molar-refractivity contribution is 5.51. The molecule has 0 radical (unpaired) electrons. The van der Waals surface area contributed by atoms with Crippen LogP contribution in [0.2, 0.25) is 0 Å². The maximum absolute atomic E-state index is 5.87. The maximum Gasteiger partial charge on any atom is 0.203 e. The van der Waals surface area contributed by atoms with E-state index >= 15 is 0 Å². The zero-order chi connectivity index (χ0) is 15.1. The SMILES string of the molecule is CNCc1ccc(COc2c(OC)cccc2OC)cc1. The fraction of sp³-hybridized carbons (Fsp3) is 0.294. The summed E-state index contributed by atoms with van der Waals surface area (Å²) in [7, 11) is 5.17. The molecule has 2 rings (SSSR count). The first-order valence-corrected chi connectivity index (χ1v) is 6.84. The summed E-state index contributed by atoms with van der Waals surface area (Å²) in [4.78, 5) is 0. The zero-order valence-corrected chi connectivity index (χ0v) is 12.7. The van der Waals surface area contributed by atoms with Gasteiger partial charge in [-0.15, -0.1) is 0 Å². The molecule has 0 bridgehead atoms. The van der Waals surface area contributed by atoms with Crippen molar-refractivity contribution in [3.05, 3.63) is 53.6 Å². The molecule has 0 amide bonds. The molecule has 0 spiro atoms. The molecule has 1 N–H and O–H groups in total. The normalized spacial score (nSPS) is 10.2. The van der Waals surface area contributed by atoms with Gasteiger partial charge in [0, 0.05) is 6.54 Å². The van der Waals surface area contributed by atoms with Crippen molar-refractivity contribution in [1.29, 1.82) is 0 Å². The molecule has 2 aromatic carbocycles. The van der Waals surface area contributed by atoms with Crippen LogP contribution in [0.5, 0.6) is 17.2 Å². The minimum Gasteiger partial charge on any atom is -0.493 e. The number of rotatable bonds is 7. The van der Waals surface area contributed by atoms with E-state index in [9.17, 15) is 0 Å². The molecule has 21 heavy (non-hydrogen) atoms. The number of hydrogen-bond acceptors (Lipinski definition) is 4. The van der Waals surface area contributed by atoms with Gasteiger partial charge in [0.2, 0.25) is 5.75 Å². The van der Waals surface area contributed by atoms with Crippen LogP contribution in [-0.2, 0) is 13.2 Å². The van der Waals surface area contributed by atoms with Crippen molar-refractivity contribution in [2.75, 3.05) is 21.3 Å². The van der Waals surface area contributed by atoms with Gasteiger partial charge in [0.25, 0.3) is 0 Å². The van der Waals surface area contributed by atoms with Crippen LogP contribution in [0.1, 0.15) is 11.1 Å². The van der Waals surface area contributed by atoms with E-state index in [4.69, 9.17) is 14.2 Å². The number of hydrogen-bond donors (Lipinski definition) is 1. The maximum atomic E-state index is 5.87. The Kier molecular flexibility index (Phi) is 5.46. The topological polar surface area (TPSA) is 39.7 Å². The second-order valence-corrected chi connectivity index (χ2v) is 4.63. The van der Waals surface area contributed by atoms with Gasteiger partial charge in [0.15, 0.2) is 11.5 Å². The number of methoxy groups -OCH3 is 2. The van der Waals surface area contributed by atoms with Crippen molar-refractivity contribution in [3.8, 4) is 17.2 Å². The molecule has 0 saturated carbocycles. The van der Waals surface area contributed by atoms with Crippen LogP contribution in [0.4, 0.5) is 0 Å². The lowest BCUT2D eigenvalue weighted by Crippen LogP contribution is -2.05. The highest BCUT2D eigenvalue weighted by atomic mass is 16.5. The summed E-state index contributed by atoms with van der Waals surface area (Å²) in [5, 5.41) is 3.13. The second-order valence-electron chi connectivity index (χ2n) is 4.63. The van der Waals surface area contributed by atoms with Crippen LogP contribution in [0.3, 0.4) is 0 Å². The third-order valence-electron chi connectivity index (χ3n) is 3.17. The summed E-state index contributed by atoms with van der Waals surface area (Å²) in [6.07, 6.45) is 0. The van der Waals surface area contributed by atoms with E-state index in [0.29, 0.717) is 23.9 Å². The lowest BCUT2D eigenvalue weighted by molar-refractivity contribution is 0.266. The Morgan fingerprint density at radius 2 is 1.43 bits per heavy atom. The Morgan fingerprint density at radius 1 is 0.857 bits per heavy atom. The summed E-state index contributed by atoms with van der Waals surface area (Å²) in [5.41, 5.74) is 2.35. The number of para-hydroxylation sites is 1. The molecule has 2 aromatic rings. The van der Waals surface area contributed by atoms with Crippen molar-refractivity contribution in [3.63, 3.8) is 0 Å². The molecule has 0 aliphatic carbocycles. The van der Waals surface area contributed by atoms with Gasteiger partial charge >= 0.3 is 0 Å². The summed E-state index contributed by atoms with van der Waals surface area (Å²) >= 11 is 0. The minimum atomic E-state index is 0.469. The van der Waals surface area contributed by atoms with Crippen molar-refractivity contribution < 1.29 is 14.2 Å². The van der Waals surface area contributed by atoms with E-state index < -0.39 is 0 Å². The van der Waals surface area contributed by atoms with Gasteiger partial charge in [-0.2, -0.15) is 0 Å². The largest absolute Gasteiger partial charge is 0.493 e. The Balaban J connectivity index is 2.08. The molecule has 0 aliphatic heterocycles. The first kappa shape index (κ1) is 15.2. The fourth-order valence-electron chi connectivity index (χ4n) is 2.07. The van der Waals surface area contributed by atoms with Gasteiger partial charge in [-0.25, -0.2) is 0 Å².